The average Bonchev–Trinajstić information content (AvgIpc) is 3.17. The zero-order chi connectivity index (χ0) is 18.5. The molecule has 0 amide bonds. The Morgan fingerprint density at radius 2 is 2.07 bits per heavy atom. The molecule has 150 valence electrons. The van der Waals surface area contributed by atoms with Crippen molar-refractivity contribution in [2.24, 2.45) is 12.0 Å². The predicted molar refractivity (Wildman–Crippen MR) is 126 cm³/mol. The Kier molecular flexibility index (Phi) is 9.18. The summed E-state index contributed by atoms with van der Waals surface area (Å²) in [6.45, 7) is 1.47. The van der Waals surface area contributed by atoms with Crippen molar-refractivity contribution < 1.29 is 0 Å². The van der Waals surface area contributed by atoms with E-state index in [1.165, 1.54) is 34.8 Å². The van der Waals surface area contributed by atoms with Crippen molar-refractivity contribution in [2.75, 3.05) is 13.6 Å². The van der Waals surface area contributed by atoms with Crippen molar-refractivity contribution in [1.29, 1.82) is 0 Å². The van der Waals surface area contributed by atoms with E-state index in [9.17, 15) is 0 Å². The highest BCUT2D eigenvalue weighted by atomic mass is 127. The number of halogens is 3. The first kappa shape index (κ1) is 22.8. The Bertz CT molecular complexity index is 764. The summed E-state index contributed by atoms with van der Waals surface area (Å²) in [5.41, 5.74) is 2.36. The third kappa shape index (κ3) is 5.98. The van der Waals surface area contributed by atoms with Gasteiger partial charge in [0.2, 0.25) is 0 Å². The molecule has 0 unspecified atom stereocenters. The van der Waals surface area contributed by atoms with Crippen LogP contribution in [0, 0.1) is 0 Å². The van der Waals surface area contributed by atoms with E-state index in [1.807, 2.05) is 29.0 Å². The second kappa shape index (κ2) is 10.9. The van der Waals surface area contributed by atoms with Gasteiger partial charge in [-0.05, 0) is 38.2 Å². The van der Waals surface area contributed by atoms with Gasteiger partial charge in [0.25, 0.3) is 0 Å². The highest BCUT2D eigenvalue weighted by molar-refractivity contribution is 14.0. The molecule has 2 aromatic rings. The van der Waals surface area contributed by atoms with Crippen LogP contribution in [0.1, 0.15) is 40.5 Å². The average molecular weight is 542 g/mol. The number of hydrogen-bond donors (Lipinski definition) is 2. The third-order valence-corrected chi connectivity index (χ3v) is 6.69. The molecule has 2 N–H and O–H groups in total. The molecule has 2 heterocycles. The minimum absolute atomic E-state index is 0. The Labute approximate surface area is 192 Å². The monoisotopic (exact) mass is 541 g/mol. The number of thiazole rings is 1. The minimum Gasteiger partial charge on any atom is -0.356 e. The molecule has 0 bridgehead atoms. The van der Waals surface area contributed by atoms with Gasteiger partial charge >= 0.3 is 0 Å². The smallest absolute Gasteiger partial charge is 0.191 e. The summed E-state index contributed by atoms with van der Waals surface area (Å²) in [7, 11) is 3.67. The van der Waals surface area contributed by atoms with Crippen LogP contribution in [-0.2, 0) is 32.9 Å². The molecule has 0 radical (unpaired) electrons. The number of hydrogen-bond acceptors (Lipinski definition) is 3. The summed E-state index contributed by atoms with van der Waals surface area (Å²) in [5, 5.41) is 9.04. The quantitative estimate of drug-likeness (QED) is 0.243. The number of aromatic nitrogens is 2. The van der Waals surface area contributed by atoms with Crippen molar-refractivity contribution in [1.82, 2.24) is 20.2 Å². The number of fused-ring (bicyclic) bond motifs is 1. The van der Waals surface area contributed by atoms with Gasteiger partial charge in [-0.3, -0.25) is 4.99 Å². The zero-order valence-corrected chi connectivity index (χ0v) is 20.3. The first-order valence-corrected chi connectivity index (χ1v) is 10.6. The second-order valence-electron chi connectivity index (χ2n) is 6.47. The fourth-order valence-corrected chi connectivity index (χ4v) is 4.73. The molecular formula is C18H26Cl2IN5S. The molecule has 0 saturated heterocycles. The van der Waals surface area contributed by atoms with Gasteiger partial charge in [0, 0.05) is 37.6 Å². The molecule has 1 aliphatic carbocycles. The van der Waals surface area contributed by atoms with E-state index in [2.05, 4.69) is 15.6 Å². The molecular weight excluding hydrogens is 516 g/mol. The Morgan fingerprint density at radius 1 is 1.30 bits per heavy atom. The van der Waals surface area contributed by atoms with Gasteiger partial charge in [-0.1, -0.05) is 23.2 Å². The van der Waals surface area contributed by atoms with E-state index in [-0.39, 0.29) is 24.0 Å². The molecule has 2 aromatic heterocycles. The fourth-order valence-electron chi connectivity index (χ4n) is 3.11. The van der Waals surface area contributed by atoms with Gasteiger partial charge in [0.15, 0.2) is 5.96 Å². The number of aliphatic imine (C=N–C) groups is 1. The first-order valence-electron chi connectivity index (χ1n) is 9.00. The van der Waals surface area contributed by atoms with E-state index in [0.717, 1.165) is 37.5 Å². The largest absolute Gasteiger partial charge is 0.356 e. The standard InChI is InChI=1S/C18H25Cl2N5S.HI/c1-21-18(23-11-12-10-13(19)17(20)25(12)2)22-9-5-8-16-24-14-6-3-4-7-15(14)26-16;/h10H,3-9,11H2,1-2H3,(H2,21,22,23);1H. The molecule has 0 aliphatic heterocycles. The van der Waals surface area contributed by atoms with Crippen LogP contribution >= 0.6 is 58.5 Å². The fraction of sp³-hybridized carbons (Fsp3) is 0.556. The summed E-state index contributed by atoms with van der Waals surface area (Å²) in [4.78, 5) is 10.6. The number of nitrogens with one attached hydrogen (secondary N) is 2. The van der Waals surface area contributed by atoms with Gasteiger partial charge in [0.1, 0.15) is 5.15 Å². The van der Waals surface area contributed by atoms with Gasteiger partial charge in [-0.25, -0.2) is 4.98 Å². The van der Waals surface area contributed by atoms with Gasteiger partial charge in [-0.2, -0.15) is 0 Å². The van der Waals surface area contributed by atoms with Gasteiger partial charge < -0.3 is 15.2 Å². The van der Waals surface area contributed by atoms with Gasteiger partial charge in [-0.15, -0.1) is 35.3 Å². The number of guanidine groups is 1. The van der Waals surface area contributed by atoms with Crippen LogP contribution in [0.4, 0.5) is 0 Å². The second-order valence-corrected chi connectivity index (χ2v) is 8.41. The number of aryl methyl sites for hydroxylation is 3. The topological polar surface area (TPSA) is 54.2 Å². The Hall–Kier alpha value is -0.510. The zero-order valence-electron chi connectivity index (χ0n) is 15.6. The third-order valence-electron chi connectivity index (χ3n) is 4.63. The lowest BCUT2D eigenvalue weighted by Crippen LogP contribution is -2.37. The van der Waals surface area contributed by atoms with Crippen LogP contribution in [0.5, 0.6) is 0 Å². The van der Waals surface area contributed by atoms with Crippen molar-refractivity contribution in [2.45, 2.75) is 45.1 Å². The Morgan fingerprint density at radius 3 is 2.74 bits per heavy atom. The molecule has 9 heteroatoms. The highest BCUT2D eigenvalue weighted by Gasteiger charge is 2.14. The molecule has 0 saturated carbocycles. The van der Waals surface area contributed by atoms with E-state index >= 15 is 0 Å². The normalized spacial score (nSPS) is 13.9. The molecule has 3 rings (SSSR count). The van der Waals surface area contributed by atoms with Crippen LogP contribution in [0.3, 0.4) is 0 Å². The van der Waals surface area contributed by atoms with Crippen LogP contribution < -0.4 is 10.6 Å². The molecule has 1 aliphatic rings. The van der Waals surface area contributed by atoms with Crippen molar-refractivity contribution in [3.8, 4) is 0 Å². The van der Waals surface area contributed by atoms with Crippen LogP contribution in [0.2, 0.25) is 10.2 Å². The summed E-state index contributed by atoms with van der Waals surface area (Å²) in [6, 6.07) is 1.87. The van der Waals surface area contributed by atoms with Crippen LogP contribution in [0.15, 0.2) is 11.1 Å². The predicted octanol–water partition coefficient (Wildman–Crippen LogP) is 4.58. The maximum absolute atomic E-state index is 6.10. The van der Waals surface area contributed by atoms with Crippen molar-refractivity contribution in [3.63, 3.8) is 0 Å². The van der Waals surface area contributed by atoms with Crippen molar-refractivity contribution in [3.05, 3.63) is 37.5 Å². The minimum atomic E-state index is 0. The summed E-state index contributed by atoms with van der Waals surface area (Å²) >= 11 is 14.0. The lowest BCUT2D eigenvalue weighted by molar-refractivity contribution is 0.678. The highest BCUT2D eigenvalue weighted by Crippen LogP contribution is 2.27. The molecule has 0 spiro atoms. The SMILES string of the molecule is CN=C(NCCCc1nc2c(s1)CCCC2)NCc1cc(Cl)c(Cl)n1C.I. The maximum Gasteiger partial charge on any atom is 0.191 e. The molecule has 5 nitrogen and oxygen atoms in total. The molecule has 27 heavy (non-hydrogen) atoms. The summed E-state index contributed by atoms with van der Waals surface area (Å²) in [5.74, 6) is 0.775. The van der Waals surface area contributed by atoms with E-state index in [4.69, 9.17) is 28.2 Å². The number of nitrogens with zero attached hydrogens (tertiary/aromatic N) is 3. The first-order chi connectivity index (χ1) is 12.6. The lowest BCUT2D eigenvalue weighted by atomic mass is 10.0. The van der Waals surface area contributed by atoms with E-state index in [1.54, 1.807) is 7.05 Å². The van der Waals surface area contributed by atoms with Crippen LogP contribution in [-0.4, -0.2) is 29.1 Å². The van der Waals surface area contributed by atoms with Gasteiger partial charge in [0.05, 0.1) is 22.3 Å². The van der Waals surface area contributed by atoms with Crippen LogP contribution in [0.25, 0.3) is 0 Å². The summed E-state index contributed by atoms with van der Waals surface area (Å²) < 4.78 is 1.87. The molecule has 0 atom stereocenters. The van der Waals surface area contributed by atoms with E-state index < -0.39 is 0 Å². The number of rotatable bonds is 6. The lowest BCUT2D eigenvalue weighted by Gasteiger charge is -2.12. The Balaban J connectivity index is 0.00000261. The molecule has 0 aromatic carbocycles. The van der Waals surface area contributed by atoms with Crippen molar-refractivity contribution >= 4 is 64.5 Å². The maximum atomic E-state index is 6.10. The summed E-state index contributed by atoms with van der Waals surface area (Å²) in [6.07, 6.45) is 7.04. The van der Waals surface area contributed by atoms with E-state index in [0.29, 0.717) is 16.7 Å². The molecule has 0 fully saturated rings.